The van der Waals surface area contributed by atoms with Gasteiger partial charge in [-0.15, -0.1) is 0 Å². The third-order valence-corrected chi connectivity index (χ3v) is 4.20. The fraction of sp³-hybridized carbons (Fsp3) is 1.00. The molecule has 1 saturated heterocycles. The smallest absolute Gasteiger partial charge is 0.0130 e. The van der Waals surface area contributed by atoms with Gasteiger partial charge >= 0.3 is 0 Å². The Morgan fingerprint density at radius 3 is 1.44 bits per heavy atom. The van der Waals surface area contributed by atoms with E-state index in [4.69, 9.17) is 0 Å². The molecular formula is C15H31N. The predicted octanol–water partition coefficient (Wildman–Crippen LogP) is 4.32. The van der Waals surface area contributed by atoms with Gasteiger partial charge in [-0.25, -0.2) is 0 Å². The van der Waals surface area contributed by atoms with Crippen LogP contribution >= 0.6 is 0 Å². The van der Waals surface area contributed by atoms with E-state index in [1.165, 1.54) is 12.8 Å². The fourth-order valence-electron chi connectivity index (χ4n) is 3.61. The summed E-state index contributed by atoms with van der Waals surface area (Å²) in [6.45, 7) is 19.0. The van der Waals surface area contributed by atoms with Gasteiger partial charge in [0.15, 0.2) is 0 Å². The molecule has 0 aliphatic carbocycles. The molecule has 0 bridgehead atoms. The van der Waals surface area contributed by atoms with E-state index in [9.17, 15) is 0 Å². The summed E-state index contributed by atoms with van der Waals surface area (Å²) in [5.41, 5.74) is 0.772. The summed E-state index contributed by atoms with van der Waals surface area (Å²) in [7, 11) is 0. The Hall–Kier alpha value is -0.0400. The summed E-state index contributed by atoms with van der Waals surface area (Å²) in [5.74, 6) is 0.871. The number of rotatable bonds is 0. The molecule has 0 aromatic rings. The van der Waals surface area contributed by atoms with Gasteiger partial charge in [-0.3, -0.25) is 4.90 Å². The van der Waals surface area contributed by atoms with E-state index in [1.807, 2.05) is 0 Å². The third kappa shape index (κ3) is 3.00. The van der Waals surface area contributed by atoms with Crippen molar-refractivity contribution in [1.29, 1.82) is 0 Å². The zero-order valence-electron chi connectivity index (χ0n) is 12.6. The van der Waals surface area contributed by atoms with Crippen LogP contribution in [-0.4, -0.2) is 22.5 Å². The van der Waals surface area contributed by atoms with Crippen LogP contribution in [-0.2, 0) is 0 Å². The maximum atomic E-state index is 2.70. The molecule has 16 heavy (non-hydrogen) atoms. The highest BCUT2D eigenvalue weighted by Crippen LogP contribution is 2.41. The molecular weight excluding hydrogens is 194 g/mol. The number of hydrogen-bond donors (Lipinski definition) is 0. The molecule has 0 aromatic heterocycles. The van der Waals surface area contributed by atoms with Gasteiger partial charge in [0.1, 0.15) is 0 Å². The van der Waals surface area contributed by atoms with Crippen LogP contribution in [0.5, 0.6) is 0 Å². The van der Waals surface area contributed by atoms with Crippen LogP contribution in [0.25, 0.3) is 0 Å². The van der Waals surface area contributed by atoms with Gasteiger partial charge in [0.2, 0.25) is 0 Å². The van der Waals surface area contributed by atoms with Crippen molar-refractivity contribution in [2.24, 2.45) is 11.3 Å². The van der Waals surface area contributed by atoms with E-state index in [0.29, 0.717) is 23.0 Å². The average Bonchev–Trinajstić information content (AvgIpc) is 1.97. The molecule has 0 saturated carbocycles. The first-order valence-electron chi connectivity index (χ1n) is 6.82. The molecule has 1 rings (SSSR count). The van der Waals surface area contributed by atoms with Gasteiger partial charge in [-0.2, -0.15) is 0 Å². The van der Waals surface area contributed by atoms with Gasteiger partial charge in [0, 0.05) is 17.6 Å². The van der Waals surface area contributed by atoms with Crippen LogP contribution in [0.15, 0.2) is 0 Å². The summed E-state index contributed by atoms with van der Waals surface area (Å²) in [6.07, 6.45) is 2.70. The second-order valence-electron chi connectivity index (χ2n) is 7.81. The Balaban J connectivity index is 2.80. The largest absolute Gasteiger partial charge is 0.293 e. The van der Waals surface area contributed by atoms with Crippen LogP contribution in [0.3, 0.4) is 0 Å². The van der Waals surface area contributed by atoms with Crippen molar-refractivity contribution >= 4 is 0 Å². The molecule has 3 atom stereocenters. The number of hydrogen-bond acceptors (Lipinski definition) is 1. The minimum absolute atomic E-state index is 0.307. The van der Waals surface area contributed by atoms with E-state index in [1.54, 1.807) is 0 Å². The van der Waals surface area contributed by atoms with Crippen LogP contribution in [0.1, 0.15) is 68.2 Å². The first-order chi connectivity index (χ1) is 7.03. The highest BCUT2D eigenvalue weighted by Gasteiger charge is 2.40. The minimum Gasteiger partial charge on any atom is -0.293 e. The second kappa shape index (κ2) is 4.33. The lowest BCUT2D eigenvalue weighted by Gasteiger charge is -2.52. The maximum Gasteiger partial charge on any atom is 0.0130 e. The average molecular weight is 225 g/mol. The lowest BCUT2D eigenvalue weighted by atomic mass is 9.70. The zero-order chi connectivity index (χ0) is 12.7. The lowest BCUT2D eigenvalue weighted by Crippen LogP contribution is -2.56. The van der Waals surface area contributed by atoms with Crippen molar-refractivity contribution in [3.63, 3.8) is 0 Å². The van der Waals surface area contributed by atoms with E-state index in [-0.39, 0.29) is 0 Å². The maximum absolute atomic E-state index is 2.70. The number of likely N-dealkylation sites (tertiary alicyclic amines) is 1. The first kappa shape index (κ1) is 14.0. The molecule has 1 aliphatic rings. The Labute approximate surface area is 103 Å². The van der Waals surface area contributed by atoms with E-state index < -0.39 is 0 Å². The van der Waals surface area contributed by atoms with Crippen molar-refractivity contribution in [1.82, 2.24) is 4.90 Å². The molecule has 1 nitrogen and oxygen atoms in total. The Bertz CT molecular complexity index is 219. The van der Waals surface area contributed by atoms with Crippen molar-refractivity contribution in [3.05, 3.63) is 0 Å². The molecule has 1 unspecified atom stereocenters. The Morgan fingerprint density at radius 2 is 1.19 bits per heavy atom. The van der Waals surface area contributed by atoms with Crippen LogP contribution in [0, 0.1) is 11.3 Å². The summed E-state index contributed by atoms with van der Waals surface area (Å²) >= 11 is 0. The van der Waals surface area contributed by atoms with Crippen LogP contribution in [0.2, 0.25) is 0 Å². The quantitative estimate of drug-likeness (QED) is 0.593. The van der Waals surface area contributed by atoms with Crippen molar-refractivity contribution in [2.75, 3.05) is 0 Å². The molecule has 1 aliphatic heterocycles. The van der Waals surface area contributed by atoms with Crippen molar-refractivity contribution in [3.8, 4) is 0 Å². The topological polar surface area (TPSA) is 3.24 Å². The normalized spacial score (nSPS) is 34.1. The molecule has 0 spiro atoms. The zero-order valence-corrected chi connectivity index (χ0v) is 12.6. The van der Waals surface area contributed by atoms with Gasteiger partial charge in [0.05, 0.1) is 0 Å². The number of nitrogens with zero attached hydrogens (tertiary/aromatic N) is 1. The predicted molar refractivity (Wildman–Crippen MR) is 72.7 cm³/mol. The standard InChI is InChI=1S/C15H31N/c1-11-9-13(14(3,4)5)10-12(2)16(11)15(6,7)8/h11-13H,9-10H2,1-8H3/t11-,12+,13?. The molecule has 1 heterocycles. The number of piperidine rings is 1. The van der Waals surface area contributed by atoms with E-state index in [0.717, 1.165) is 5.92 Å². The van der Waals surface area contributed by atoms with Gasteiger partial charge in [0.25, 0.3) is 0 Å². The molecule has 0 N–H and O–H groups in total. The monoisotopic (exact) mass is 225 g/mol. The molecule has 0 amide bonds. The Morgan fingerprint density at radius 1 is 0.812 bits per heavy atom. The van der Waals surface area contributed by atoms with Crippen LogP contribution < -0.4 is 0 Å². The summed E-state index contributed by atoms with van der Waals surface area (Å²) in [5, 5.41) is 0. The lowest BCUT2D eigenvalue weighted by molar-refractivity contribution is -0.0280. The summed E-state index contributed by atoms with van der Waals surface area (Å²) in [6, 6.07) is 1.43. The second-order valence-corrected chi connectivity index (χ2v) is 7.81. The summed E-state index contributed by atoms with van der Waals surface area (Å²) < 4.78 is 0. The minimum atomic E-state index is 0.307. The highest BCUT2D eigenvalue weighted by atomic mass is 15.2. The van der Waals surface area contributed by atoms with Crippen molar-refractivity contribution in [2.45, 2.75) is 85.9 Å². The molecule has 0 aromatic carbocycles. The molecule has 96 valence electrons. The van der Waals surface area contributed by atoms with Gasteiger partial charge in [-0.05, 0) is 58.8 Å². The van der Waals surface area contributed by atoms with Crippen LogP contribution in [0.4, 0.5) is 0 Å². The van der Waals surface area contributed by atoms with E-state index >= 15 is 0 Å². The molecule has 1 fully saturated rings. The fourth-order valence-corrected chi connectivity index (χ4v) is 3.61. The Kier molecular flexibility index (Phi) is 3.79. The SMILES string of the molecule is C[C@@H]1CC(C(C)(C)C)C[C@H](C)N1C(C)(C)C. The highest BCUT2D eigenvalue weighted by molar-refractivity contribution is 4.94. The van der Waals surface area contributed by atoms with E-state index in [2.05, 4.69) is 60.3 Å². The molecule has 0 radical (unpaired) electrons. The molecule has 1 heteroatoms. The van der Waals surface area contributed by atoms with Crippen molar-refractivity contribution < 1.29 is 0 Å². The van der Waals surface area contributed by atoms with Gasteiger partial charge < -0.3 is 0 Å². The first-order valence-corrected chi connectivity index (χ1v) is 6.82. The third-order valence-electron chi connectivity index (χ3n) is 4.20. The van der Waals surface area contributed by atoms with Gasteiger partial charge in [-0.1, -0.05) is 20.8 Å². The summed E-state index contributed by atoms with van der Waals surface area (Å²) in [4.78, 5) is 2.70.